The highest BCUT2D eigenvalue weighted by molar-refractivity contribution is 7.92. The maximum absolute atomic E-state index is 13.2. The molecule has 0 atom stereocenters. The van der Waals surface area contributed by atoms with Gasteiger partial charge in [0, 0.05) is 11.9 Å². The van der Waals surface area contributed by atoms with Crippen molar-refractivity contribution in [2.24, 2.45) is 0 Å². The summed E-state index contributed by atoms with van der Waals surface area (Å²) in [7, 11) is -4.19. The molecule has 0 aliphatic rings. The molecule has 0 radical (unpaired) electrons. The summed E-state index contributed by atoms with van der Waals surface area (Å²) in [6, 6.07) is 3.01. The Balaban J connectivity index is 2.39. The molecule has 0 bridgehead atoms. The van der Waals surface area contributed by atoms with Crippen molar-refractivity contribution in [3.63, 3.8) is 0 Å². The number of halogens is 5. The van der Waals surface area contributed by atoms with Crippen LogP contribution in [0.5, 0.6) is 0 Å². The number of aromatic nitrogens is 1. The van der Waals surface area contributed by atoms with Gasteiger partial charge in [-0.1, -0.05) is 11.6 Å². The van der Waals surface area contributed by atoms with Crippen LogP contribution >= 0.6 is 11.6 Å². The molecule has 2 rings (SSSR count). The van der Waals surface area contributed by atoms with Crippen LogP contribution < -0.4 is 4.72 Å². The normalized spacial score (nSPS) is 12.3. The van der Waals surface area contributed by atoms with Crippen LogP contribution in [0, 0.1) is 12.7 Å². The van der Waals surface area contributed by atoms with Crippen LogP contribution in [-0.2, 0) is 16.2 Å². The second-order valence-corrected chi connectivity index (χ2v) is 6.62. The first-order valence-electron chi connectivity index (χ1n) is 6.02. The van der Waals surface area contributed by atoms with Gasteiger partial charge in [-0.3, -0.25) is 4.72 Å². The smallest absolute Gasteiger partial charge is 0.280 e. The highest BCUT2D eigenvalue weighted by Crippen LogP contribution is 2.33. The van der Waals surface area contributed by atoms with Crippen molar-refractivity contribution in [2.75, 3.05) is 4.72 Å². The van der Waals surface area contributed by atoms with Crippen LogP contribution in [0.2, 0.25) is 5.15 Å². The van der Waals surface area contributed by atoms with Gasteiger partial charge in [0.1, 0.15) is 15.9 Å². The first-order chi connectivity index (χ1) is 10.5. The van der Waals surface area contributed by atoms with E-state index in [0.29, 0.717) is 17.7 Å². The SMILES string of the molecule is Cc1cc(S(=O)(=O)Nc2ccc(F)c(C(F)(F)F)c2)cnc1Cl. The van der Waals surface area contributed by atoms with Crippen LogP contribution in [0.15, 0.2) is 35.4 Å². The molecule has 0 amide bonds. The number of anilines is 1. The Morgan fingerprint density at radius 1 is 1.22 bits per heavy atom. The Morgan fingerprint density at radius 3 is 2.43 bits per heavy atom. The quantitative estimate of drug-likeness (QED) is 0.658. The largest absolute Gasteiger partial charge is 0.419 e. The van der Waals surface area contributed by atoms with Crippen molar-refractivity contribution in [3.05, 3.63) is 52.6 Å². The van der Waals surface area contributed by atoms with E-state index in [1.54, 1.807) is 0 Å². The summed E-state index contributed by atoms with van der Waals surface area (Å²) < 4.78 is 77.3. The summed E-state index contributed by atoms with van der Waals surface area (Å²) in [6.45, 7) is 1.52. The van der Waals surface area contributed by atoms with Crippen molar-refractivity contribution in [3.8, 4) is 0 Å². The van der Waals surface area contributed by atoms with E-state index in [0.717, 1.165) is 12.3 Å². The molecule has 0 unspecified atom stereocenters. The average molecular weight is 369 g/mol. The van der Waals surface area contributed by atoms with Crippen molar-refractivity contribution >= 4 is 27.3 Å². The first kappa shape index (κ1) is 17.5. The van der Waals surface area contributed by atoms with Crippen LogP contribution in [0.4, 0.5) is 23.2 Å². The van der Waals surface area contributed by atoms with Gasteiger partial charge >= 0.3 is 6.18 Å². The lowest BCUT2D eigenvalue weighted by molar-refractivity contribution is -0.139. The maximum Gasteiger partial charge on any atom is 0.419 e. The molecular weight excluding hydrogens is 360 g/mol. The van der Waals surface area contributed by atoms with E-state index in [9.17, 15) is 26.0 Å². The fraction of sp³-hybridized carbons (Fsp3) is 0.154. The van der Waals surface area contributed by atoms with Gasteiger partial charge in [0.2, 0.25) is 0 Å². The van der Waals surface area contributed by atoms with Gasteiger partial charge in [-0.2, -0.15) is 13.2 Å². The molecule has 2 aromatic rings. The third kappa shape index (κ3) is 3.91. The fourth-order valence-corrected chi connectivity index (χ4v) is 2.88. The second-order valence-electron chi connectivity index (χ2n) is 4.58. The lowest BCUT2D eigenvalue weighted by atomic mass is 10.2. The van der Waals surface area contributed by atoms with E-state index < -0.39 is 33.3 Å². The van der Waals surface area contributed by atoms with Gasteiger partial charge < -0.3 is 0 Å². The van der Waals surface area contributed by atoms with Gasteiger partial charge in [0.15, 0.2) is 0 Å². The average Bonchev–Trinajstić information content (AvgIpc) is 2.42. The van der Waals surface area contributed by atoms with E-state index in [-0.39, 0.29) is 10.0 Å². The number of nitrogens with one attached hydrogen (secondary N) is 1. The van der Waals surface area contributed by atoms with E-state index >= 15 is 0 Å². The molecule has 1 aromatic carbocycles. The molecule has 23 heavy (non-hydrogen) atoms. The van der Waals surface area contributed by atoms with Crippen LogP contribution in [-0.4, -0.2) is 13.4 Å². The number of rotatable bonds is 3. The van der Waals surface area contributed by atoms with E-state index in [2.05, 4.69) is 4.98 Å². The maximum atomic E-state index is 13.2. The Kier molecular flexibility index (Phi) is 4.54. The Morgan fingerprint density at radius 2 is 1.87 bits per heavy atom. The fourth-order valence-electron chi connectivity index (χ4n) is 1.70. The minimum atomic E-state index is -4.94. The summed E-state index contributed by atoms with van der Waals surface area (Å²) >= 11 is 5.69. The number of sulfonamides is 1. The van der Waals surface area contributed by atoms with E-state index in [4.69, 9.17) is 11.6 Å². The van der Waals surface area contributed by atoms with Crippen molar-refractivity contribution in [1.29, 1.82) is 0 Å². The number of alkyl halides is 3. The third-order valence-corrected chi connectivity index (χ3v) is 4.57. The van der Waals surface area contributed by atoms with Crippen molar-refractivity contribution in [2.45, 2.75) is 18.0 Å². The topological polar surface area (TPSA) is 59.1 Å². The number of hydrogen-bond donors (Lipinski definition) is 1. The monoisotopic (exact) mass is 368 g/mol. The predicted octanol–water partition coefficient (Wildman–Crippen LogP) is 4.00. The molecule has 0 fully saturated rings. The third-order valence-electron chi connectivity index (χ3n) is 2.82. The lowest BCUT2D eigenvalue weighted by Crippen LogP contribution is -2.15. The number of hydrogen-bond acceptors (Lipinski definition) is 3. The summed E-state index contributed by atoms with van der Waals surface area (Å²) in [4.78, 5) is 3.38. The molecule has 0 saturated heterocycles. The van der Waals surface area contributed by atoms with Gasteiger partial charge in [0.05, 0.1) is 5.56 Å². The van der Waals surface area contributed by atoms with Crippen molar-refractivity contribution in [1.82, 2.24) is 4.98 Å². The van der Waals surface area contributed by atoms with E-state index in [1.807, 2.05) is 4.72 Å². The molecule has 0 aliphatic heterocycles. The molecule has 0 aliphatic carbocycles. The molecule has 1 heterocycles. The van der Waals surface area contributed by atoms with E-state index in [1.165, 1.54) is 13.0 Å². The van der Waals surface area contributed by atoms with Crippen LogP contribution in [0.25, 0.3) is 0 Å². The Labute approximate surface area is 134 Å². The van der Waals surface area contributed by atoms with Crippen molar-refractivity contribution < 1.29 is 26.0 Å². The zero-order valence-electron chi connectivity index (χ0n) is 11.4. The number of nitrogens with zero attached hydrogens (tertiary/aromatic N) is 1. The molecule has 10 heteroatoms. The lowest BCUT2D eigenvalue weighted by Gasteiger charge is -2.12. The second kappa shape index (κ2) is 5.97. The van der Waals surface area contributed by atoms with Crippen LogP contribution in [0.1, 0.15) is 11.1 Å². The summed E-state index contributed by atoms with van der Waals surface area (Å²) in [5, 5.41) is 0.102. The number of pyridine rings is 1. The Bertz CT molecular complexity index is 854. The minimum Gasteiger partial charge on any atom is -0.280 e. The predicted molar refractivity (Wildman–Crippen MR) is 76.2 cm³/mol. The molecular formula is C13H9ClF4N2O2S. The number of aryl methyl sites for hydroxylation is 1. The van der Waals surface area contributed by atoms with Gasteiger partial charge in [-0.05, 0) is 36.8 Å². The summed E-state index contributed by atoms with van der Waals surface area (Å²) in [6.07, 6.45) is -3.98. The molecule has 0 saturated carbocycles. The van der Waals surface area contributed by atoms with Gasteiger partial charge in [-0.25, -0.2) is 17.8 Å². The zero-order chi connectivity index (χ0) is 17.4. The first-order valence-corrected chi connectivity index (χ1v) is 7.88. The summed E-state index contributed by atoms with van der Waals surface area (Å²) in [5.74, 6) is -1.50. The zero-order valence-corrected chi connectivity index (χ0v) is 13.0. The molecule has 1 aromatic heterocycles. The molecule has 4 nitrogen and oxygen atoms in total. The highest BCUT2D eigenvalue weighted by atomic mass is 35.5. The minimum absolute atomic E-state index is 0.102. The van der Waals surface area contributed by atoms with Gasteiger partial charge in [-0.15, -0.1) is 0 Å². The standard InChI is InChI=1S/C13H9ClF4N2O2S/c1-7-4-9(6-19-12(7)14)23(21,22)20-8-2-3-11(15)10(5-8)13(16,17)18/h2-6,20H,1H3. The molecule has 124 valence electrons. The highest BCUT2D eigenvalue weighted by Gasteiger charge is 2.34. The summed E-state index contributed by atoms with van der Waals surface area (Å²) in [5.41, 5.74) is -1.61. The molecule has 0 spiro atoms. The van der Waals surface area contributed by atoms with Gasteiger partial charge in [0.25, 0.3) is 10.0 Å². The number of benzene rings is 1. The molecule has 1 N–H and O–H groups in total. The Hall–Kier alpha value is -1.87. The van der Waals surface area contributed by atoms with Crippen LogP contribution in [0.3, 0.4) is 0 Å².